The molecule has 102 valence electrons. The van der Waals surface area contributed by atoms with E-state index in [2.05, 4.69) is 0 Å². The summed E-state index contributed by atoms with van der Waals surface area (Å²) in [6.45, 7) is 3.82. The van der Waals surface area contributed by atoms with E-state index in [4.69, 9.17) is 0 Å². The quantitative estimate of drug-likeness (QED) is 0.798. The summed E-state index contributed by atoms with van der Waals surface area (Å²) in [6, 6.07) is 7.25. The Labute approximate surface area is 112 Å². The summed E-state index contributed by atoms with van der Waals surface area (Å²) in [7, 11) is 1.50. The van der Waals surface area contributed by atoms with Crippen molar-refractivity contribution in [2.24, 2.45) is 0 Å². The van der Waals surface area contributed by atoms with Gasteiger partial charge >= 0.3 is 0 Å². The summed E-state index contributed by atoms with van der Waals surface area (Å²) in [5.41, 5.74) is 0.706. The van der Waals surface area contributed by atoms with Crippen LogP contribution >= 0.6 is 0 Å². The van der Waals surface area contributed by atoms with Gasteiger partial charge in [-0.25, -0.2) is 0 Å². The van der Waals surface area contributed by atoms with Crippen LogP contribution in [0.3, 0.4) is 0 Å². The fourth-order valence-electron chi connectivity index (χ4n) is 2.00. The molecule has 1 N–H and O–H groups in total. The number of amides is 2. The number of piperazine rings is 1. The van der Waals surface area contributed by atoms with E-state index in [0.717, 1.165) is 16.2 Å². The van der Waals surface area contributed by atoms with Gasteiger partial charge in [-0.05, 0) is 31.5 Å². The van der Waals surface area contributed by atoms with Crippen LogP contribution in [-0.2, 0) is 15.2 Å². The van der Waals surface area contributed by atoms with Crippen LogP contribution in [0.1, 0.15) is 19.4 Å². The number of carbonyl (C=O) groups is 2. The summed E-state index contributed by atoms with van der Waals surface area (Å²) in [5, 5.41) is 9.88. The highest BCUT2D eigenvalue weighted by Gasteiger charge is 2.28. The molecule has 1 aliphatic rings. The number of rotatable bonds is 2. The molecule has 19 heavy (non-hydrogen) atoms. The average molecular weight is 262 g/mol. The number of nitrogens with zero attached hydrogens (tertiary/aromatic N) is 2. The second-order valence-electron chi connectivity index (χ2n) is 5.31. The monoisotopic (exact) mass is 262 g/mol. The molecular formula is C14H18N2O3. The molecule has 0 bridgehead atoms. The molecule has 0 radical (unpaired) electrons. The number of likely N-dealkylation sites (N-methyl/N-ethyl adjacent to an activating group) is 1. The van der Waals surface area contributed by atoms with Gasteiger partial charge in [0.05, 0.1) is 18.7 Å². The van der Waals surface area contributed by atoms with E-state index >= 15 is 0 Å². The molecule has 0 spiro atoms. The van der Waals surface area contributed by atoms with Crippen molar-refractivity contribution in [3.05, 3.63) is 29.8 Å². The SMILES string of the molecule is CN1C(=O)CN(c2ccc(C(C)(C)O)cc2)CC1=O. The summed E-state index contributed by atoms with van der Waals surface area (Å²) in [4.78, 5) is 26.2. The zero-order valence-corrected chi connectivity index (χ0v) is 11.4. The van der Waals surface area contributed by atoms with Gasteiger partial charge in [0, 0.05) is 12.7 Å². The molecule has 2 amide bonds. The van der Waals surface area contributed by atoms with Crippen molar-refractivity contribution in [3.63, 3.8) is 0 Å². The van der Waals surface area contributed by atoms with Gasteiger partial charge in [0.15, 0.2) is 0 Å². The lowest BCUT2D eigenvalue weighted by Gasteiger charge is -2.32. The second kappa shape index (κ2) is 4.66. The van der Waals surface area contributed by atoms with Crippen LogP contribution in [0, 0.1) is 0 Å². The van der Waals surface area contributed by atoms with Gasteiger partial charge in [0.25, 0.3) is 0 Å². The van der Waals surface area contributed by atoms with E-state index in [1.54, 1.807) is 18.7 Å². The lowest BCUT2D eigenvalue weighted by atomic mass is 9.98. The van der Waals surface area contributed by atoms with Crippen molar-refractivity contribution in [2.45, 2.75) is 19.4 Å². The molecule has 0 unspecified atom stereocenters. The zero-order chi connectivity index (χ0) is 14.2. The minimum absolute atomic E-state index is 0.199. The van der Waals surface area contributed by atoms with E-state index in [1.807, 2.05) is 24.3 Å². The minimum Gasteiger partial charge on any atom is -0.386 e. The third-order valence-corrected chi connectivity index (χ3v) is 3.34. The van der Waals surface area contributed by atoms with Crippen LogP contribution < -0.4 is 4.90 Å². The van der Waals surface area contributed by atoms with Gasteiger partial charge in [-0.2, -0.15) is 0 Å². The number of hydrogen-bond acceptors (Lipinski definition) is 4. The van der Waals surface area contributed by atoms with Gasteiger partial charge < -0.3 is 10.0 Å². The maximum Gasteiger partial charge on any atom is 0.248 e. The van der Waals surface area contributed by atoms with Crippen molar-refractivity contribution in [2.75, 3.05) is 25.0 Å². The fourth-order valence-corrected chi connectivity index (χ4v) is 2.00. The van der Waals surface area contributed by atoms with Crippen molar-refractivity contribution < 1.29 is 14.7 Å². The van der Waals surface area contributed by atoms with Crippen LogP contribution in [0.25, 0.3) is 0 Å². The van der Waals surface area contributed by atoms with Crippen molar-refractivity contribution in [1.29, 1.82) is 0 Å². The number of benzene rings is 1. The van der Waals surface area contributed by atoms with Gasteiger partial charge in [0.2, 0.25) is 11.8 Å². The average Bonchev–Trinajstić information content (AvgIpc) is 2.34. The van der Waals surface area contributed by atoms with Crippen molar-refractivity contribution >= 4 is 17.5 Å². The third-order valence-electron chi connectivity index (χ3n) is 3.34. The Morgan fingerprint density at radius 2 is 1.53 bits per heavy atom. The Balaban J connectivity index is 2.19. The highest BCUT2D eigenvalue weighted by Crippen LogP contribution is 2.23. The number of imide groups is 1. The van der Waals surface area contributed by atoms with Gasteiger partial charge in [-0.3, -0.25) is 14.5 Å². The van der Waals surface area contributed by atoms with Crippen LogP contribution in [0.15, 0.2) is 24.3 Å². The smallest absolute Gasteiger partial charge is 0.248 e. The predicted molar refractivity (Wildman–Crippen MR) is 71.7 cm³/mol. The zero-order valence-electron chi connectivity index (χ0n) is 11.4. The number of anilines is 1. The standard InChI is InChI=1S/C14H18N2O3/c1-14(2,19)10-4-6-11(7-5-10)16-8-12(17)15(3)13(18)9-16/h4-7,19H,8-9H2,1-3H3. The molecule has 0 saturated carbocycles. The van der Waals surface area contributed by atoms with Gasteiger partial charge in [-0.15, -0.1) is 0 Å². The molecule has 1 heterocycles. The second-order valence-corrected chi connectivity index (χ2v) is 5.31. The Morgan fingerprint density at radius 1 is 1.05 bits per heavy atom. The first kappa shape index (κ1) is 13.5. The molecule has 1 aliphatic heterocycles. The number of carbonyl (C=O) groups excluding carboxylic acids is 2. The summed E-state index contributed by atoms with van der Waals surface area (Å²) >= 11 is 0. The normalized spacial score (nSPS) is 17.1. The highest BCUT2D eigenvalue weighted by atomic mass is 16.3. The molecule has 0 aromatic heterocycles. The lowest BCUT2D eigenvalue weighted by Crippen LogP contribution is -2.52. The highest BCUT2D eigenvalue weighted by molar-refractivity contribution is 6.02. The number of hydrogen-bond donors (Lipinski definition) is 1. The first-order valence-electron chi connectivity index (χ1n) is 6.16. The Kier molecular flexibility index (Phi) is 3.32. The molecule has 1 fully saturated rings. The molecule has 1 aromatic carbocycles. The van der Waals surface area contributed by atoms with E-state index in [1.165, 1.54) is 7.05 Å². The number of aliphatic hydroxyl groups is 1. The third kappa shape index (κ3) is 2.76. The Bertz CT molecular complexity index is 484. The molecule has 0 aliphatic carbocycles. The predicted octanol–water partition coefficient (Wildman–Crippen LogP) is 0.719. The maximum absolute atomic E-state index is 11.6. The minimum atomic E-state index is -0.897. The van der Waals surface area contributed by atoms with Gasteiger partial charge in [-0.1, -0.05) is 12.1 Å². The fraction of sp³-hybridized carbons (Fsp3) is 0.429. The Hall–Kier alpha value is -1.88. The molecule has 5 nitrogen and oxygen atoms in total. The lowest BCUT2D eigenvalue weighted by molar-refractivity contribution is -0.143. The van der Waals surface area contributed by atoms with Crippen LogP contribution in [0.2, 0.25) is 0 Å². The van der Waals surface area contributed by atoms with Crippen LogP contribution in [-0.4, -0.2) is 42.0 Å². The van der Waals surface area contributed by atoms with Crippen LogP contribution in [0.4, 0.5) is 5.69 Å². The molecule has 5 heteroatoms. The molecular weight excluding hydrogens is 244 g/mol. The topological polar surface area (TPSA) is 60.9 Å². The van der Waals surface area contributed by atoms with Crippen molar-refractivity contribution in [1.82, 2.24) is 4.90 Å². The summed E-state index contributed by atoms with van der Waals surface area (Å²) in [6.07, 6.45) is 0. The summed E-state index contributed by atoms with van der Waals surface area (Å²) in [5.74, 6) is -0.411. The Morgan fingerprint density at radius 3 is 1.95 bits per heavy atom. The van der Waals surface area contributed by atoms with E-state index in [9.17, 15) is 14.7 Å². The summed E-state index contributed by atoms with van der Waals surface area (Å²) < 4.78 is 0. The molecule has 1 saturated heterocycles. The maximum atomic E-state index is 11.6. The first-order valence-corrected chi connectivity index (χ1v) is 6.16. The van der Waals surface area contributed by atoms with E-state index < -0.39 is 5.60 Å². The van der Waals surface area contributed by atoms with Crippen molar-refractivity contribution in [3.8, 4) is 0 Å². The molecule has 1 aromatic rings. The van der Waals surface area contributed by atoms with E-state index in [0.29, 0.717) is 0 Å². The van der Waals surface area contributed by atoms with Crippen LogP contribution in [0.5, 0.6) is 0 Å². The van der Waals surface area contributed by atoms with E-state index in [-0.39, 0.29) is 24.9 Å². The molecule has 2 rings (SSSR count). The molecule has 0 atom stereocenters. The van der Waals surface area contributed by atoms with Gasteiger partial charge in [0.1, 0.15) is 0 Å². The first-order chi connectivity index (χ1) is 8.79. The largest absolute Gasteiger partial charge is 0.386 e.